The number of nitrogens with zero attached hydrogens (tertiary/aromatic N) is 1. The predicted molar refractivity (Wildman–Crippen MR) is 97.8 cm³/mol. The zero-order chi connectivity index (χ0) is 17.4. The van der Waals surface area contributed by atoms with Gasteiger partial charge < -0.3 is 9.88 Å². The number of carbonyl (C=O) groups is 1. The molecule has 126 valence electrons. The number of hydrogen-bond donors (Lipinski definition) is 1. The summed E-state index contributed by atoms with van der Waals surface area (Å²) in [5, 5.41) is 4.76. The largest absolute Gasteiger partial charge is 0.350 e. The number of aryl methyl sites for hydroxylation is 1. The van der Waals surface area contributed by atoms with Crippen LogP contribution in [-0.4, -0.2) is 21.9 Å². The highest BCUT2D eigenvalue weighted by molar-refractivity contribution is 5.90. The third-order valence-electron chi connectivity index (χ3n) is 4.07. The van der Waals surface area contributed by atoms with Crippen molar-refractivity contribution in [2.75, 3.05) is 0 Å². The number of ketones is 1. The van der Waals surface area contributed by atoms with E-state index in [-0.39, 0.29) is 22.8 Å². The van der Waals surface area contributed by atoms with Crippen molar-refractivity contribution in [3.8, 4) is 0 Å². The third-order valence-corrected chi connectivity index (χ3v) is 4.07. The molecular formula is C20H30N2O. The molecule has 0 fully saturated rings. The molecule has 1 N–H and O–H groups in total. The molecule has 1 aromatic heterocycles. The monoisotopic (exact) mass is 314 g/mol. The summed E-state index contributed by atoms with van der Waals surface area (Å²) in [4.78, 5) is 12.9. The first-order chi connectivity index (χ1) is 10.5. The summed E-state index contributed by atoms with van der Waals surface area (Å²) in [5.41, 5.74) is 1.98. The molecule has 0 amide bonds. The summed E-state index contributed by atoms with van der Waals surface area (Å²) >= 11 is 0. The van der Waals surface area contributed by atoms with E-state index < -0.39 is 0 Å². The quantitative estimate of drug-likeness (QED) is 0.922. The molecule has 0 saturated carbocycles. The molecule has 0 aliphatic rings. The maximum Gasteiger partial charge on any atom is 0.155 e. The zero-order valence-corrected chi connectivity index (χ0v) is 15.5. The number of benzene rings is 1. The van der Waals surface area contributed by atoms with Gasteiger partial charge in [0.25, 0.3) is 0 Å². The molecule has 0 aliphatic carbocycles. The van der Waals surface area contributed by atoms with Crippen molar-refractivity contribution in [1.29, 1.82) is 0 Å². The van der Waals surface area contributed by atoms with Crippen molar-refractivity contribution in [2.24, 2.45) is 12.5 Å². The highest BCUT2D eigenvalue weighted by Gasteiger charge is 2.32. The first-order valence-electron chi connectivity index (χ1n) is 8.34. The molecule has 0 radical (unpaired) electrons. The second-order valence-electron chi connectivity index (χ2n) is 8.55. The van der Waals surface area contributed by atoms with Gasteiger partial charge in [-0.2, -0.15) is 0 Å². The molecule has 1 unspecified atom stereocenters. The van der Waals surface area contributed by atoms with Crippen LogP contribution in [0.2, 0.25) is 0 Å². The number of para-hydroxylation sites is 1. The van der Waals surface area contributed by atoms with Gasteiger partial charge in [0, 0.05) is 35.1 Å². The maximum absolute atomic E-state index is 12.9. The molecule has 0 aliphatic heterocycles. The molecule has 2 rings (SSSR count). The van der Waals surface area contributed by atoms with E-state index in [0.717, 1.165) is 0 Å². The Labute approximate surface area is 140 Å². The normalized spacial score (nSPS) is 14.2. The van der Waals surface area contributed by atoms with Gasteiger partial charge in [0.2, 0.25) is 0 Å². The van der Waals surface area contributed by atoms with Crippen LogP contribution in [0.25, 0.3) is 10.9 Å². The molecule has 2 aromatic rings. The van der Waals surface area contributed by atoms with Crippen LogP contribution in [0.15, 0.2) is 30.5 Å². The summed E-state index contributed by atoms with van der Waals surface area (Å²) in [7, 11) is 2.06. The zero-order valence-electron chi connectivity index (χ0n) is 15.5. The minimum atomic E-state index is -0.354. The Kier molecular flexibility index (Phi) is 4.72. The van der Waals surface area contributed by atoms with E-state index in [4.69, 9.17) is 0 Å². The number of carbonyl (C=O) groups excluding carboxylic acids is 1. The van der Waals surface area contributed by atoms with Crippen LogP contribution >= 0.6 is 0 Å². The van der Waals surface area contributed by atoms with Crippen molar-refractivity contribution in [2.45, 2.75) is 59.5 Å². The van der Waals surface area contributed by atoms with Gasteiger partial charge in [0.05, 0.1) is 6.04 Å². The lowest BCUT2D eigenvalue weighted by molar-refractivity contribution is -0.128. The summed E-state index contributed by atoms with van der Waals surface area (Å²) in [5.74, 6) is 0.264. The maximum atomic E-state index is 12.9. The van der Waals surface area contributed by atoms with Crippen LogP contribution in [0.4, 0.5) is 0 Å². The van der Waals surface area contributed by atoms with E-state index in [0.29, 0.717) is 6.42 Å². The Bertz CT molecular complexity index is 698. The molecule has 0 bridgehead atoms. The Morgan fingerprint density at radius 1 is 1.13 bits per heavy atom. The van der Waals surface area contributed by atoms with Crippen molar-refractivity contribution in [1.82, 2.24) is 9.88 Å². The van der Waals surface area contributed by atoms with E-state index in [1.165, 1.54) is 16.5 Å². The number of nitrogens with one attached hydrogen (secondary N) is 1. The number of fused-ring (bicyclic) bond motifs is 1. The first-order valence-corrected chi connectivity index (χ1v) is 8.34. The molecular weight excluding hydrogens is 284 g/mol. The number of rotatable bonds is 4. The number of hydrogen-bond acceptors (Lipinski definition) is 2. The first kappa shape index (κ1) is 17.7. The van der Waals surface area contributed by atoms with Gasteiger partial charge >= 0.3 is 0 Å². The Morgan fingerprint density at radius 3 is 2.30 bits per heavy atom. The number of Topliss-reactive ketones (excluding diaryl/α,β-unsaturated/α-hetero) is 1. The second kappa shape index (κ2) is 6.12. The van der Waals surface area contributed by atoms with Gasteiger partial charge in [-0.15, -0.1) is 0 Å². The van der Waals surface area contributed by atoms with Crippen LogP contribution in [0.5, 0.6) is 0 Å². The second-order valence-corrected chi connectivity index (χ2v) is 8.55. The van der Waals surface area contributed by atoms with Gasteiger partial charge in [0.1, 0.15) is 0 Å². The van der Waals surface area contributed by atoms with E-state index in [1.807, 2.05) is 20.8 Å². The van der Waals surface area contributed by atoms with Gasteiger partial charge in [-0.3, -0.25) is 4.79 Å². The summed E-state index contributed by atoms with van der Waals surface area (Å²) in [6.07, 6.45) is 2.87. The van der Waals surface area contributed by atoms with Crippen LogP contribution in [-0.2, 0) is 18.3 Å². The average molecular weight is 314 g/mol. The van der Waals surface area contributed by atoms with Crippen LogP contribution in [0.3, 0.4) is 0 Å². The smallest absolute Gasteiger partial charge is 0.155 e. The Hall–Kier alpha value is -1.61. The molecule has 1 atom stereocenters. The van der Waals surface area contributed by atoms with Gasteiger partial charge in [-0.1, -0.05) is 39.0 Å². The van der Waals surface area contributed by atoms with Crippen LogP contribution in [0.1, 0.15) is 47.1 Å². The number of aromatic nitrogens is 1. The standard InChI is InChI=1S/C20H30N2O/c1-19(2,3)18(23)16(21-20(4,5)6)12-14-13-22(7)17-11-9-8-10-15(14)17/h8-11,13,16,21H,12H2,1-7H3. The average Bonchev–Trinajstić information content (AvgIpc) is 2.72. The van der Waals surface area contributed by atoms with Crippen molar-refractivity contribution < 1.29 is 4.79 Å². The van der Waals surface area contributed by atoms with Crippen molar-refractivity contribution in [3.63, 3.8) is 0 Å². The summed E-state index contributed by atoms with van der Waals surface area (Å²) in [6, 6.07) is 8.19. The van der Waals surface area contributed by atoms with Crippen molar-refractivity contribution in [3.05, 3.63) is 36.0 Å². The van der Waals surface area contributed by atoms with Gasteiger partial charge in [0.15, 0.2) is 5.78 Å². The molecule has 3 heteroatoms. The molecule has 0 spiro atoms. The van der Waals surface area contributed by atoms with Gasteiger partial charge in [-0.05, 0) is 38.8 Å². The molecule has 23 heavy (non-hydrogen) atoms. The van der Waals surface area contributed by atoms with E-state index in [2.05, 4.69) is 68.2 Å². The fourth-order valence-electron chi connectivity index (χ4n) is 3.06. The summed E-state index contributed by atoms with van der Waals surface area (Å²) < 4.78 is 2.14. The Balaban J connectivity index is 2.38. The molecule has 0 saturated heterocycles. The highest BCUT2D eigenvalue weighted by atomic mass is 16.1. The highest BCUT2D eigenvalue weighted by Crippen LogP contribution is 2.25. The van der Waals surface area contributed by atoms with Crippen LogP contribution < -0.4 is 5.32 Å². The van der Waals surface area contributed by atoms with Crippen LogP contribution in [0, 0.1) is 5.41 Å². The third kappa shape index (κ3) is 4.23. The van der Waals surface area contributed by atoms with E-state index >= 15 is 0 Å². The lowest BCUT2D eigenvalue weighted by Gasteiger charge is -2.31. The van der Waals surface area contributed by atoms with E-state index in [1.54, 1.807) is 0 Å². The fraction of sp³-hybridized carbons (Fsp3) is 0.550. The minimum absolute atomic E-state index is 0.101. The SMILES string of the molecule is Cn1cc(CC(NC(C)(C)C)C(=O)C(C)(C)C)c2ccccc21. The Morgan fingerprint density at radius 2 is 1.74 bits per heavy atom. The predicted octanol–water partition coefficient (Wildman–Crippen LogP) is 4.09. The molecule has 1 heterocycles. The van der Waals surface area contributed by atoms with Crippen molar-refractivity contribution >= 4 is 16.7 Å². The molecule has 3 nitrogen and oxygen atoms in total. The van der Waals surface area contributed by atoms with Gasteiger partial charge in [-0.25, -0.2) is 0 Å². The lowest BCUT2D eigenvalue weighted by Crippen LogP contribution is -2.51. The topological polar surface area (TPSA) is 34.0 Å². The minimum Gasteiger partial charge on any atom is -0.350 e. The summed E-state index contributed by atoms with van der Waals surface area (Å²) in [6.45, 7) is 12.3. The fourth-order valence-corrected chi connectivity index (χ4v) is 3.06. The lowest BCUT2D eigenvalue weighted by atomic mass is 9.83. The van der Waals surface area contributed by atoms with E-state index in [9.17, 15) is 4.79 Å². The molecule has 1 aromatic carbocycles.